The average Bonchev–Trinajstić information content (AvgIpc) is 3.19. The molecule has 2 heterocycles. The van der Waals surface area contributed by atoms with Crippen LogP contribution < -0.4 is 4.87 Å². The van der Waals surface area contributed by atoms with Crippen molar-refractivity contribution in [1.29, 1.82) is 0 Å². The summed E-state index contributed by atoms with van der Waals surface area (Å²) < 4.78 is 0. The maximum absolute atomic E-state index is 11.9. The maximum atomic E-state index is 11.9. The lowest BCUT2D eigenvalue weighted by Gasteiger charge is -2.40. The Bertz CT molecular complexity index is 775. The van der Waals surface area contributed by atoms with E-state index in [1.165, 1.54) is 46.6 Å². The number of thiazole rings is 1. The van der Waals surface area contributed by atoms with Crippen LogP contribution in [0, 0.1) is 24.7 Å². The van der Waals surface area contributed by atoms with E-state index in [0.29, 0.717) is 11.2 Å². The maximum Gasteiger partial charge on any atom is 0.305 e. The van der Waals surface area contributed by atoms with Crippen LogP contribution in [0.4, 0.5) is 0 Å². The molecule has 1 aromatic heterocycles. The lowest BCUT2D eigenvalue weighted by Crippen LogP contribution is -2.33. The van der Waals surface area contributed by atoms with Crippen LogP contribution in [0.3, 0.4) is 0 Å². The third kappa shape index (κ3) is 1.83. The van der Waals surface area contributed by atoms with Crippen molar-refractivity contribution in [3.8, 4) is 0 Å². The largest absolute Gasteiger partial charge is 0.307 e. The summed E-state index contributed by atoms with van der Waals surface area (Å²) in [7, 11) is 0. The number of aromatic nitrogens is 1. The van der Waals surface area contributed by atoms with Gasteiger partial charge in [-0.15, -0.1) is 11.8 Å². The van der Waals surface area contributed by atoms with E-state index in [1.807, 2.05) is 11.8 Å². The Kier molecular flexibility index (Phi) is 2.90. The van der Waals surface area contributed by atoms with E-state index >= 15 is 0 Å². The molecule has 2 fully saturated rings. The fraction of sp³-hybridized carbons (Fsp3) is 0.500. The molecular weight excluding hydrogens is 310 g/mol. The van der Waals surface area contributed by atoms with Crippen molar-refractivity contribution in [1.82, 2.24) is 4.98 Å². The van der Waals surface area contributed by atoms with Gasteiger partial charge in [0.1, 0.15) is 0 Å². The number of hydrogen-bond acceptors (Lipinski definition) is 3. The van der Waals surface area contributed by atoms with E-state index in [4.69, 9.17) is 0 Å². The highest BCUT2D eigenvalue weighted by Crippen LogP contribution is 2.63. The molecular formula is C18H19NOS2. The molecule has 0 radical (unpaired) electrons. The van der Waals surface area contributed by atoms with Gasteiger partial charge in [-0.25, -0.2) is 0 Å². The average molecular weight is 329 g/mol. The lowest BCUT2D eigenvalue weighted by molar-refractivity contribution is 0.307. The number of nitrogens with one attached hydrogen (secondary N) is 1. The second kappa shape index (κ2) is 4.75. The Morgan fingerprint density at radius 1 is 1.14 bits per heavy atom. The van der Waals surface area contributed by atoms with Crippen molar-refractivity contribution in [2.45, 2.75) is 42.4 Å². The number of hydrogen-bond donors (Lipinski definition) is 1. The van der Waals surface area contributed by atoms with Crippen molar-refractivity contribution < 1.29 is 0 Å². The van der Waals surface area contributed by atoms with Crippen LogP contribution in [0.15, 0.2) is 34.1 Å². The molecule has 2 bridgehead atoms. The predicted octanol–water partition coefficient (Wildman–Crippen LogP) is 4.40. The minimum absolute atomic E-state index is 0.113. The quantitative estimate of drug-likeness (QED) is 0.841. The van der Waals surface area contributed by atoms with Gasteiger partial charge in [0.15, 0.2) is 0 Å². The number of rotatable bonds is 1. The van der Waals surface area contributed by atoms with Crippen LogP contribution in [0.25, 0.3) is 0 Å². The van der Waals surface area contributed by atoms with Crippen LogP contribution >= 0.6 is 23.1 Å². The number of fused-ring (bicyclic) bond motifs is 6. The minimum Gasteiger partial charge on any atom is -0.307 e. The number of thioether (sulfide) groups is 1. The number of benzene rings is 1. The van der Waals surface area contributed by atoms with Crippen molar-refractivity contribution in [3.05, 3.63) is 49.9 Å². The van der Waals surface area contributed by atoms with Crippen molar-refractivity contribution in [2.24, 2.45) is 17.8 Å². The molecule has 0 unspecified atom stereocenters. The minimum atomic E-state index is 0.113. The van der Waals surface area contributed by atoms with E-state index in [9.17, 15) is 4.79 Å². The summed E-state index contributed by atoms with van der Waals surface area (Å²) >= 11 is 3.41. The Balaban J connectivity index is 1.68. The Labute approximate surface area is 138 Å². The Hall–Kier alpha value is -1.000. The van der Waals surface area contributed by atoms with E-state index in [-0.39, 0.29) is 4.87 Å². The van der Waals surface area contributed by atoms with Gasteiger partial charge >= 0.3 is 4.87 Å². The summed E-state index contributed by atoms with van der Waals surface area (Å²) in [4.78, 5) is 16.5. The van der Waals surface area contributed by atoms with Crippen LogP contribution in [-0.4, -0.2) is 10.2 Å². The molecule has 3 aliphatic rings. The molecule has 4 heteroatoms. The fourth-order valence-corrected chi connectivity index (χ4v) is 7.89. The first-order valence-electron chi connectivity index (χ1n) is 8.17. The van der Waals surface area contributed by atoms with Gasteiger partial charge in [0.05, 0.1) is 5.03 Å². The van der Waals surface area contributed by atoms with E-state index in [0.717, 1.165) is 22.8 Å². The molecule has 1 aromatic carbocycles. The second-order valence-electron chi connectivity index (χ2n) is 7.09. The second-order valence-corrected chi connectivity index (χ2v) is 9.29. The molecule has 5 rings (SSSR count). The Morgan fingerprint density at radius 2 is 1.91 bits per heavy atom. The number of aryl methyl sites for hydroxylation is 1. The normalized spacial score (nSPS) is 35.4. The molecule has 0 saturated heterocycles. The Morgan fingerprint density at radius 3 is 2.73 bits per heavy atom. The van der Waals surface area contributed by atoms with Gasteiger partial charge in [0.2, 0.25) is 0 Å². The zero-order valence-electron chi connectivity index (χ0n) is 12.5. The summed E-state index contributed by atoms with van der Waals surface area (Å²) in [5.74, 6) is 2.88. The first kappa shape index (κ1) is 13.4. The highest BCUT2D eigenvalue weighted by Gasteiger charge is 2.54. The van der Waals surface area contributed by atoms with E-state index in [2.05, 4.69) is 36.2 Å². The molecule has 2 aliphatic carbocycles. The molecule has 114 valence electrons. The molecule has 0 amide bonds. The smallest absolute Gasteiger partial charge is 0.305 e. The summed E-state index contributed by atoms with van der Waals surface area (Å²) in [6, 6.07) is 9.00. The van der Waals surface area contributed by atoms with Crippen molar-refractivity contribution in [3.63, 3.8) is 0 Å². The molecule has 5 atom stereocenters. The first-order valence-corrected chi connectivity index (χ1v) is 9.86. The SMILES string of the molecule is Cc1ccc([C@@H]2c3sc(=O)[nH]c3S[C@@H]3[C@@H]4CC[C@@H](C4)[C@H]23)cc1. The molecule has 1 N–H and O–H groups in total. The fourth-order valence-electron chi connectivity index (χ4n) is 5.00. The monoisotopic (exact) mass is 329 g/mol. The first-order chi connectivity index (χ1) is 10.7. The van der Waals surface area contributed by atoms with E-state index < -0.39 is 0 Å². The zero-order chi connectivity index (χ0) is 14.8. The predicted molar refractivity (Wildman–Crippen MR) is 91.9 cm³/mol. The molecule has 0 spiro atoms. The molecule has 1 aliphatic heterocycles. The summed E-state index contributed by atoms with van der Waals surface area (Å²) in [5, 5.41) is 1.87. The van der Waals surface area contributed by atoms with Gasteiger partial charge in [-0.2, -0.15) is 0 Å². The van der Waals surface area contributed by atoms with Gasteiger partial charge in [-0.3, -0.25) is 4.79 Å². The topological polar surface area (TPSA) is 32.9 Å². The van der Waals surface area contributed by atoms with Gasteiger partial charge in [-0.05, 0) is 49.5 Å². The lowest BCUT2D eigenvalue weighted by atomic mass is 9.75. The number of H-pyrrole nitrogens is 1. The molecule has 2 saturated carbocycles. The summed E-state index contributed by atoms with van der Waals surface area (Å²) in [6.07, 6.45) is 4.19. The van der Waals surface area contributed by atoms with Gasteiger partial charge in [0.25, 0.3) is 0 Å². The highest BCUT2D eigenvalue weighted by molar-refractivity contribution is 8.00. The standard InChI is InChI=1S/C18H19NOS2/c1-9-2-4-10(5-3-9)13-14-11-6-7-12(8-11)15(14)21-17-16(13)22-18(20)19-17/h2-5,11-15H,6-8H2,1H3,(H,19,20)/t11-,12+,13-,14+,15+/m0/s1. The van der Waals surface area contributed by atoms with Crippen LogP contribution in [-0.2, 0) is 0 Å². The van der Waals surface area contributed by atoms with Crippen LogP contribution in [0.5, 0.6) is 0 Å². The van der Waals surface area contributed by atoms with Crippen LogP contribution in [0.1, 0.15) is 41.2 Å². The van der Waals surface area contributed by atoms with Gasteiger partial charge < -0.3 is 4.98 Å². The molecule has 2 nitrogen and oxygen atoms in total. The van der Waals surface area contributed by atoms with Crippen LogP contribution in [0.2, 0.25) is 0 Å². The summed E-state index contributed by atoms with van der Waals surface area (Å²) in [6.45, 7) is 2.14. The molecule has 2 aromatic rings. The van der Waals surface area contributed by atoms with Crippen molar-refractivity contribution in [2.75, 3.05) is 0 Å². The van der Waals surface area contributed by atoms with Crippen molar-refractivity contribution >= 4 is 23.1 Å². The van der Waals surface area contributed by atoms with Gasteiger partial charge in [-0.1, -0.05) is 41.2 Å². The number of aromatic amines is 1. The third-order valence-electron chi connectivity index (χ3n) is 5.90. The van der Waals surface area contributed by atoms with Gasteiger partial charge in [0, 0.05) is 16.0 Å². The third-order valence-corrected chi connectivity index (χ3v) is 8.53. The summed E-state index contributed by atoms with van der Waals surface area (Å²) in [5.41, 5.74) is 2.71. The zero-order valence-corrected chi connectivity index (χ0v) is 14.2. The van der Waals surface area contributed by atoms with E-state index in [1.54, 1.807) is 0 Å². The highest BCUT2D eigenvalue weighted by atomic mass is 32.2. The molecule has 22 heavy (non-hydrogen) atoms.